The van der Waals surface area contributed by atoms with E-state index in [9.17, 15) is 5.11 Å². The summed E-state index contributed by atoms with van der Waals surface area (Å²) >= 11 is 0. The van der Waals surface area contributed by atoms with Crippen LogP contribution in [0.2, 0.25) is 0 Å². The topological polar surface area (TPSA) is 67.1 Å². The lowest BCUT2D eigenvalue weighted by Crippen LogP contribution is -2.37. The van der Waals surface area contributed by atoms with Crippen molar-refractivity contribution < 1.29 is 5.11 Å². The van der Waals surface area contributed by atoms with Crippen LogP contribution in [0, 0.1) is 12.8 Å². The summed E-state index contributed by atoms with van der Waals surface area (Å²) in [5.41, 5.74) is 0.982. The Bertz CT molecular complexity index is 604. The van der Waals surface area contributed by atoms with Crippen molar-refractivity contribution in [3.8, 4) is 0 Å². The molecule has 0 aliphatic carbocycles. The van der Waals surface area contributed by atoms with Crippen LogP contribution in [0.5, 0.6) is 0 Å². The standard InChI is InChI=1S/C15H21N5O/c1-11-3-6-17-15(18-11)20-8-4-12(5-9-20)13(21)14-16-7-10-19(14)2/h3,6-7,10,12-13,21H,4-5,8-9H2,1-2H3. The molecule has 1 N–H and O–H groups in total. The number of imidazole rings is 1. The summed E-state index contributed by atoms with van der Waals surface area (Å²) in [5.74, 6) is 1.78. The van der Waals surface area contributed by atoms with Gasteiger partial charge in [-0.25, -0.2) is 15.0 Å². The van der Waals surface area contributed by atoms with Crippen LogP contribution in [0.4, 0.5) is 5.95 Å². The highest BCUT2D eigenvalue weighted by atomic mass is 16.3. The molecule has 1 atom stereocenters. The average Bonchev–Trinajstić information content (AvgIpc) is 2.93. The highest BCUT2D eigenvalue weighted by molar-refractivity contribution is 5.30. The van der Waals surface area contributed by atoms with Gasteiger partial charge in [-0.15, -0.1) is 0 Å². The van der Waals surface area contributed by atoms with E-state index in [-0.39, 0.29) is 5.92 Å². The lowest BCUT2D eigenvalue weighted by Gasteiger charge is -2.34. The molecule has 1 fully saturated rings. The molecule has 112 valence electrons. The van der Waals surface area contributed by atoms with Crippen LogP contribution in [0.1, 0.15) is 30.5 Å². The van der Waals surface area contributed by atoms with Gasteiger partial charge in [0.15, 0.2) is 0 Å². The summed E-state index contributed by atoms with van der Waals surface area (Å²) in [5, 5.41) is 10.5. The summed E-state index contributed by atoms with van der Waals surface area (Å²) in [4.78, 5) is 15.2. The minimum atomic E-state index is -0.495. The van der Waals surface area contributed by atoms with Crippen molar-refractivity contribution >= 4 is 5.95 Å². The Morgan fingerprint density at radius 3 is 2.62 bits per heavy atom. The lowest BCUT2D eigenvalue weighted by atomic mass is 9.91. The zero-order valence-corrected chi connectivity index (χ0v) is 12.5. The molecule has 1 aliphatic heterocycles. The molecular weight excluding hydrogens is 266 g/mol. The number of aliphatic hydroxyl groups is 1. The van der Waals surface area contributed by atoms with Gasteiger partial charge in [-0.3, -0.25) is 0 Å². The van der Waals surface area contributed by atoms with Gasteiger partial charge in [0.05, 0.1) is 0 Å². The summed E-state index contributed by atoms with van der Waals surface area (Å²) in [6, 6.07) is 1.90. The third-order valence-corrected chi connectivity index (χ3v) is 4.17. The Morgan fingerprint density at radius 1 is 1.24 bits per heavy atom. The second-order valence-electron chi connectivity index (χ2n) is 5.66. The number of aliphatic hydroxyl groups excluding tert-OH is 1. The average molecular weight is 287 g/mol. The van der Waals surface area contributed by atoms with Gasteiger partial charge in [0.25, 0.3) is 0 Å². The van der Waals surface area contributed by atoms with Crippen molar-refractivity contribution in [2.24, 2.45) is 13.0 Å². The van der Waals surface area contributed by atoms with Crippen LogP contribution in [0.3, 0.4) is 0 Å². The molecule has 0 spiro atoms. The smallest absolute Gasteiger partial charge is 0.225 e. The second-order valence-corrected chi connectivity index (χ2v) is 5.66. The first-order valence-corrected chi connectivity index (χ1v) is 7.35. The molecule has 21 heavy (non-hydrogen) atoms. The molecule has 3 rings (SSSR count). The van der Waals surface area contributed by atoms with Crippen molar-refractivity contribution in [1.29, 1.82) is 0 Å². The molecule has 6 heteroatoms. The van der Waals surface area contributed by atoms with Crippen LogP contribution in [0.15, 0.2) is 24.7 Å². The molecule has 1 aliphatic rings. The Kier molecular flexibility index (Phi) is 3.88. The number of rotatable bonds is 3. The van der Waals surface area contributed by atoms with E-state index in [1.165, 1.54) is 0 Å². The van der Waals surface area contributed by atoms with Gasteiger partial charge >= 0.3 is 0 Å². The summed E-state index contributed by atoms with van der Waals surface area (Å²) < 4.78 is 1.89. The fraction of sp³-hybridized carbons (Fsp3) is 0.533. The predicted molar refractivity (Wildman–Crippen MR) is 79.9 cm³/mol. The third kappa shape index (κ3) is 2.90. The van der Waals surface area contributed by atoms with E-state index in [2.05, 4.69) is 19.9 Å². The predicted octanol–water partition coefficient (Wildman–Crippen LogP) is 1.47. The molecule has 3 heterocycles. The number of hydrogen-bond acceptors (Lipinski definition) is 5. The van der Waals surface area contributed by atoms with Gasteiger partial charge in [-0.1, -0.05) is 0 Å². The fourth-order valence-electron chi connectivity index (χ4n) is 2.88. The fourth-order valence-corrected chi connectivity index (χ4v) is 2.88. The van der Waals surface area contributed by atoms with Crippen LogP contribution in [-0.2, 0) is 7.05 Å². The van der Waals surface area contributed by atoms with E-state index in [1.807, 2.05) is 30.8 Å². The van der Waals surface area contributed by atoms with E-state index in [1.54, 1.807) is 12.4 Å². The van der Waals surface area contributed by atoms with E-state index in [0.29, 0.717) is 0 Å². The van der Waals surface area contributed by atoms with Gasteiger partial charge in [-0.2, -0.15) is 0 Å². The van der Waals surface area contributed by atoms with E-state index in [4.69, 9.17) is 0 Å². The van der Waals surface area contributed by atoms with Crippen molar-refractivity contribution in [1.82, 2.24) is 19.5 Å². The second kappa shape index (κ2) is 5.81. The summed E-state index contributed by atoms with van der Waals surface area (Å²) in [6.07, 6.45) is 6.75. The Balaban J connectivity index is 1.64. The van der Waals surface area contributed by atoms with Crippen LogP contribution in [-0.4, -0.2) is 37.7 Å². The molecule has 1 unspecified atom stereocenters. The molecular formula is C15H21N5O. The summed E-state index contributed by atoms with van der Waals surface area (Å²) in [6.45, 7) is 3.72. The van der Waals surface area contributed by atoms with Gasteiger partial charge in [-0.05, 0) is 31.7 Å². The number of piperidine rings is 1. The van der Waals surface area contributed by atoms with Gasteiger partial charge in [0.2, 0.25) is 5.95 Å². The van der Waals surface area contributed by atoms with E-state index < -0.39 is 6.10 Å². The Morgan fingerprint density at radius 2 is 2.00 bits per heavy atom. The molecule has 0 bridgehead atoms. The highest BCUT2D eigenvalue weighted by Crippen LogP contribution is 2.30. The zero-order valence-electron chi connectivity index (χ0n) is 12.5. The largest absolute Gasteiger partial charge is 0.385 e. The first kappa shape index (κ1) is 14.0. The van der Waals surface area contributed by atoms with Crippen molar-refractivity contribution in [2.45, 2.75) is 25.9 Å². The van der Waals surface area contributed by atoms with Crippen LogP contribution >= 0.6 is 0 Å². The number of nitrogens with zero attached hydrogens (tertiary/aromatic N) is 5. The molecule has 6 nitrogen and oxygen atoms in total. The van der Waals surface area contributed by atoms with Gasteiger partial charge in [0, 0.05) is 44.4 Å². The molecule has 0 saturated carbocycles. The minimum absolute atomic E-state index is 0.243. The molecule has 0 aromatic carbocycles. The first-order valence-electron chi connectivity index (χ1n) is 7.35. The van der Waals surface area contributed by atoms with E-state index >= 15 is 0 Å². The molecule has 2 aromatic rings. The monoisotopic (exact) mass is 287 g/mol. The highest BCUT2D eigenvalue weighted by Gasteiger charge is 2.29. The Hall–Kier alpha value is -1.95. The van der Waals surface area contributed by atoms with Gasteiger partial charge in [0.1, 0.15) is 11.9 Å². The van der Waals surface area contributed by atoms with Crippen molar-refractivity contribution in [3.63, 3.8) is 0 Å². The first-order chi connectivity index (χ1) is 10.1. The third-order valence-electron chi connectivity index (χ3n) is 4.17. The van der Waals surface area contributed by atoms with Crippen LogP contribution in [0.25, 0.3) is 0 Å². The number of aryl methyl sites for hydroxylation is 2. The zero-order chi connectivity index (χ0) is 14.8. The van der Waals surface area contributed by atoms with Gasteiger partial charge < -0.3 is 14.6 Å². The Labute approximate surface area is 124 Å². The maximum Gasteiger partial charge on any atom is 0.225 e. The molecule has 0 amide bonds. The number of anilines is 1. The SMILES string of the molecule is Cc1ccnc(N2CCC(C(O)c3nccn3C)CC2)n1. The molecule has 2 aromatic heterocycles. The van der Waals surface area contributed by atoms with Crippen molar-refractivity contribution in [2.75, 3.05) is 18.0 Å². The summed E-state index contributed by atoms with van der Waals surface area (Å²) in [7, 11) is 1.92. The quantitative estimate of drug-likeness (QED) is 0.926. The maximum atomic E-state index is 10.5. The normalized spacial score (nSPS) is 18.0. The molecule has 0 radical (unpaired) electrons. The van der Waals surface area contributed by atoms with Crippen LogP contribution < -0.4 is 4.90 Å². The number of aromatic nitrogens is 4. The lowest BCUT2D eigenvalue weighted by molar-refractivity contribution is 0.0823. The minimum Gasteiger partial charge on any atom is -0.385 e. The van der Waals surface area contributed by atoms with E-state index in [0.717, 1.165) is 43.4 Å². The number of hydrogen-bond donors (Lipinski definition) is 1. The maximum absolute atomic E-state index is 10.5. The molecule has 1 saturated heterocycles. The van der Waals surface area contributed by atoms with Crippen molar-refractivity contribution in [3.05, 3.63) is 36.2 Å².